The molecule has 0 aliphatic carbocycles. The zero-order chi connectivity index (χ0) is 16.5. The van der Waals surface area contributed by atoms with Crippen molar-refractivity contribution in [1.82, 2.24) is 10.3 Å². The van der Waals surface area contributed by atoms with Gasteiger partial charge in [0, 0.05) is 35.4 Å². The van der Waals surface area contributed by atoms with Gasteiger partial charge in [-0.05, 0) is 42.3 Å². The second-order valence-electron chi connectivity index (χ2n) is 5.77. The number of carbonyl (C=O) groups is 1. The average Bonchev–Trinajstić information content (AvgIpc) is 2.99. The van der Waals surface area contributed by atoms with Crippen molar-refractivity contribution in [3.63, 3.8) is 0 Å². The molecule has 0 fully saturated rings. The van der Waals surface area contributed by atoms with Gasteiger partial charge in [-0.2, -0.15) is 0 Å². The molecule has 5 heteroatoms. The Morgan fingerprint density at radius 3 is 2.62 bits per heavy atom. The number of nitrogens with one attached hydrogen (secondary N) is 1. The Morgan fingerprint density at radius 1 is 1.12 bits per heavy atom. The highest BCUT2D eigenvalue weighted by Gasteiger charge is 2.29. The van der Waals surface area contributed by atoms with Gasteiger partial charge in [0.25, 0.3) is 5.91 Å². The van der Waals surface area contributed by atoms with Gasteiger partial charge in [-0.1, -0.05) is 23.7 Å². The molecule has 3 aromatic rings. The number of carbonyl (C=O) groups excluding carboxylic acids is 1. The molecule has 4 rings (SSSR count). The number of amides is 1. The lowest BCUT2D eigenvalue weighted by Crippen LogP contribution is -2.22. The van der Waals surface area contributed by atoms with Gasteiger partial charge < -0.3 is 9.73 Å². The van der Waals surface area contributed by atoms with E-state index in [-0.39, 0.29) is 11.8 Å². The first kappa shape index (κ1) is 15.0. The van der Waals surface area contributed by atoms with Gasteiger partial charge in [-0.25, -0.2) is 0 Å². The number of benzene rings is 1. The van der Waals surface area contributed by atoms with Gasteiger partial charge in [0.05, 0.1) is 5.56 Å². The molecule has 1 amide bonds. The highest BCUT2D eigenvalue weighted by molar-refractivity contribution is 6.30. The van der Waals surface area contributed by atoms with Crippen molar-refractivity contribution in [3.8, 4) is 11.3 Å². The van der Waals surface area contributed by atoms with E-state index in [0.29, 0.717) is 28.7 Å². The van der Waals surface area contributed by atoms with Crippen molar-refractivity contribution in [2.45, 2.75) is 12.3 Å². The van der Waals surface area contributed by atoms with Crippen LogP contribution in [0.3, 0.4) is 0 Å². The first-order chi connectivity index (χ1) is 11.7. The molecule has 1 aliphatic heterocycles. The van der Waals surface area contributed by atoms with E-state index in [4.69, 9.17) is 16.0 Å². The minimum atomic E-state index is -0.0921. The number of fused-ring (bicyclic) bond motifs is 1. The molecule has 1 aliphatic rings. The summed E-state index contributed by atoms with van der Waals surface area (Å²) in [6.07, 6.45) is 4.20. The van der Waals surface area contributed by atoms with Gasteiger partial charge >= 0.3 is 0 Å². The summed E-state index contributed by atoms with van der Waals surface area (Å²) in [6.45, 7) is 0.612. The van der Waals surface area contributed by atoms with E-state index < -0.39 is 0 Å². The number of nitrogens with zero attached hydrogens (tertiary/aromatic N) is 1. The van der Waals surface area contributed by atoms with Crippen LogP contribution in [0.4, 0.5) is 0 Å². The van der Waals surface area contributed by atoms with E-state index >= 15 is 0 Å². The van der Waals surface area contributed by atoms with Crippen molar-refractivity contribution in [2.24, 2.45) is 0 Å². The van der Waals surface area contributed by atoms with E-state index in [1.165, 1.54) is 0 Å². The average molecular weight is 339 g/mol. The highest BCUT2D eigenvalue weighted by Crippen LogP contribution is 2.37. The minimum Gasteiger partial charge on any atom is -0.460 e. The van der Waals surface area contributed by atoms with Crippen molar-refractivity contribution in [1.29, 1.82) is 0 Å². The molecule has 120 valence electrons. The molecular weight excluding hydrogens is 324 g/mol. The minimum absolute atomic E-state index is 0.0202. The molecule has 1 atom stereocenters. The first-order valence-electron chi connectivity index (χ1n) is 7.80. The fourth-order valence-electron chi connectivity index (χ4n) is 3.07. The maximum Gasteiger partial charge on any atom is 0.254 e. The molecule has 0 radical (unpaired) electrons. The largest absolute Gasteiger partial charge is 0.460 e. The van der Waals surface area contributed by atoms with Crippen molar-refractivity contribution in [3.05, 3.63) is 76.8 Å². The van der Waals surface area contributed by atoms with Crippen LogP contribution in [0.25, 0.3) is 11.3 Å². The van der Waals surface area contributed by atoms with Crippen LogP contribution in [-0.4, -0.2) is 17.4 Å². The van der Waals surface area contributed by atoms with Crippen LogP contribution in [0.2, 0.25) is 5.02 Å². The van der Waals surface area contributed by atoms with Crippen molar-refractivity contribution < 1.29 is 9.21 Å². The third kappa shape index (κ3) is 2.69. The fraction of sp³-hybridized carbons (Fsp3) is 0.158. The number of hydrogen-bond acceptors (Lipinski definition) is 3. The molecule has 0 saturated carbocycles. The summed E-state index contributed by atoms with van der Waals surface area (Å²) in [5.41, 5.74) is 2.59. The predicted molar refractivity (Wildman–Crippen MR) is 92.2 cm³/mol. The quantitative estimate of drug-likeness (QED) is 0.759. The number of rotatable bonds is 2. The Morgan fingerprint density at radius 2 is 1.88 bits per heavy atom. The Kier molecular flexibility index (Phi) is 3.82. The molecule has 3 heterocycles. The van der Waals surface area contributed by atoms with E-state index in [2.05, 4.69) is 10.3 Å². The van der Waals surface area contributed by atoms with E-state index in [1.807, 2.05) is 42.5 Å². The van der Waals surface area contributed by atoms with Crippen LogP contribution in [-0.2, 0) is 0 Å². The smallest absolute Gasteiger partial charge is 0.254 e. The van der Waals surface area contributed by atoms with Crippen LogP contribution in [0.1, 0.15) is 34.0 Å². The Labute approximate surface area is 144 Å². The number of hydrogen-bond donors (Lipinski definition) is 1. The SMILES string of the molecule is O=C1NCCC(c2ccc(Cl)cc2)c2oc(-c3ccncc3)cc21. The third-order valence-corrected chi connectivity index (χ3v) is 4.53. The molecule has 1 aromatic carbocycles. The molecule has 24 heavy (non-hydrogen) atoms. The lowest BCUT2D eigenvalue weighted by Gasteiger charge is -2.13. The normalized spacial score (nSPS) is 17.0. The molecule has 1 N–H and O–H groups in total. The molecule has 4 nitrogen and oxygen atoms in total. The second-order valence-corrected chi connectivity index (χ2v) is 6.21. The maximum absolute atomic E-state index is 12.4. The fourth-order valence-corrected chi connectivity index (χ4v) is 3.20. The van der Waals surface area contributed by atoms with Crippen molar-refractivity contribution in [2.75, 3.05) is 6.54 Å². The van der Waals surface area contributed by atoms with Gasteiger partial charge in [-0.15, -0.1) is 0 Å². The summed E-state index contributed by atoms with van der Waals surface area (Å²) in [5.74, 6) is 1.31. The molecule has 1 unspecified atom stereocenters. The predicted octanol–water partition coefficient (Wildman–Crippen LogP) is 4.26. The standard InChI is InChI=1S/C19H15ClN2O2/c20-14-3-1-12(2-4-14)15-7-10-22-19(23)16-11-17(24-18(15)16)13-5-8-21-9-6-13/h1-6,8-9,11,15H,7,10H2,(H,22,23). The monoisotopic (exact) mass is 338 g/mol. The third-order valence-electron chi connectivity index (χ3n) is 4.28. The number of aromatic nitrogens is 1. The van der Waals surface area contributed by atoms with Gasteiger partial charge in [-0.3, -0.25) is 9.78 Å². The van der Waals surface area contributed by atoms with Crippen LogP contribution in [0.15, 0.2) is 59.3 Å². The summed E-state index contributed by atoms with van der Waals surface area (Å²) >= 11 is 5.99. The van der Waals surface area contributed by atoms with Crippen molar-refractivity contribution >= 4 is 17.5 Å². The molecule has 2 aromatic heterocycles. The summed E-state index contributed by atoms with van der Waals surface area (Å²) < 4.78 is 6.12. The topological polar surface area (TPSA) is 55.1 Å². The number of furan rings is 1. The van der Waals surface area contributed by atoms with E-state index in [1.54, 1.807) is 12.4 Å². The summed E-state index contributed by atoms with van der Waals surface area (Å²) in [6, 6.07) is 13.3. The summed E-state index contributed by atoms with van der Waals surface area (Å²) in [7, 11) is 0. The molecular formula is C19H15ClN2O2. The summed E-state index contributed by atoms with van der Waals surface area (Å²) in [4.78, 5) is 16.4. The van der Waals surface area contributed by atoms with Crippen LogP contribution in [0, 0.1) is 0 Å². The van der Waals surface area contributed by atoms with Gasteiger partial charge in [0.1, 0.15) is 11.5 Å². The van der Waals surface area contributed by atoms with E-state index in [0.717, 1.165) is 17.5 Å². The van der Waals surface area contributed by atoms with Gasteiger partial charge in [0.2, 0.25) is 0 Å². The Bertz CT molecular complexity index is 872. The summed E-state index contributed by atoms with van der Waals surface area (Å²) in [5, 5.41) is 3.63. The van der Waals surface area contributed by atoms with Gasteiger partial charge in [0.15, 0.2) is 0 Å². The first-order valence-corrected chi connectivity index (χ1v) is 8.18. The van der Waals surface area contributed by atoms with E-state index in [9.17, 15) is 4.79 Å². The van der Waals surface area contributed by atoms with Crippen LogP contribution < -0.4 is 5.32 Å². The maximum atomic E-state index is 12.4. The Balaban J connectivity index is 1.82. The van der Waals surface area contributed by atoms with Crippen LogP contribution in [0.5, 0.6) is 0 Å². The number of pyridine rings is 1. The van der Waals surface area contributed by atoms with Crippen LogP contribution >= 0.6 is 11.6 Å². The second kappa shape index (κ2) is 6.13. The zero-order valence-corrected chi connectivity index (χ0v) is 13.6. The lowest BCUT2D eigenvalue weighted by molar-refractivity contribution is 0.0955. The Hall–Kier alpha value is -2.59. The number of halogens is 1. The molecule has 0 saturated heterocycles. The zero-order valence-electron chi connectivity index (χ0n) is 12.8. The highest BCUT2D eigenvalue weighted by atomic mass is 35.5. The lowest BCUT2D eigenvalue weighted by atomic mass is 9.92. The molecule has 0 bridgehead atoms. The molecule has 0 spiro atoms.